The van der Waals surface area contributed by atoms with Gasteiger partial charge in [0.15, 0.2) is 11.5 Å². The molecular weight excluding hydrogens is 366 g/mol. The van der Waals surface area contributed by atoms with Crippen molar-refractivity contribution in [2.75, 3.05) is 12.4 Å². The second-order valence-corrected chi connectivity index (χ2v) is 6.77. The number of carbonyl (C=O) groups is 1. The van der Waals surface area contributed by atoms with E-state index in [1.165, 1.54) is 0 Å². The largest absolute Gasteiger partial charge is 0.493 e. The van der Waals surface area contributed by atoms with Crippen molar-refractivity contribution < 1.29 is 14.3 Å². The molecule has 0 saturated heterocycles. The number of halogens is 1. The van der Waals surface area contributed by atoms with Gasteiger partial charge in [0, 0.05) is 22.9 Å². The maximum atomic E-state index is 12.0. The molecule has 1 aliphatic heterocycles. The number of ether oxygens (including phenoxy) is 2. The lowest BCUT2D eigenvalue weighted by Gasteiger charge is -2.23. The van der Waals surface area contributed by atoms with Gasteiger partial charge in [-0.2, -0.15) is 5.10 Å². The standard InChI is InChI=1S/C20H18ClN3O3/c1-26-17-6-5-13(15-9-19(25)23-20-16(15)10-22-24-20)8-18(17)27-11-12-3-2-4-14(21)7-12/h2-8,10,15H,9,11H2,1H3,(H2,22,23,24,25)/t15-/m0/s1. The van der Waals surface area contributed by atoms with Crippen molar-refractivity contribution in [2.24, 2.45) is 0 Å². The molecule has 1 amide bonds. The van der Waals surface area contributed by atoms with E-state index in [4.69, 9.17) is 21.1 Å². The number of aromatic nitrogens is 2. The number of methoxy groups -OCH3 is 1. The van der Waals surface area contributed by atoms with Crippen LogP contribution in [0.5, 0.6) is 11.5 Å². The van der Waals surface area contributed by atoms with Gasteiger partial charge in [0.25, 0.3) is 0 Å². The van der Waals surface area contributed by atoms with Crippen molar-refractivity contribution in [3.05, 3.63) is 70.4 Å². The summed E-state index contributed by atoms with van der Waals surface area (Å²) in [6, 6.07) is 13.2. The Morgan fingerprint density at radius 2 is 2.11 bits per heavy atom. The fourth-order valence-electron chi connectivity index (χ4n) is 3.25. The van der Waals surface area contributed by atoms with E-state index in [-0.39, 0.29) is 11.8 Å². The Bertz CT molecular complexity index is 986. The SMILES string of the molecule is COc1ccc([C@@H]2CC(=O)Nc3[nH]ncc32)cc1OCc1cccc(Cl)c1. The fourth-order valence-corrected chi connectivity index (χ4v) is 3.47. The average molecular weight is 384 g/mol. The highest BCUT2D eigenvalue weighted by molar-refractivity contribution is 6.30. The van der Waals surface area contributed by atoms with Gasteiger partial charge in [0.2, 0.25) is 5.91 Å². The van der Waals surface area contributed by atoms with E-state index in [9.17, 15) is 4.79 Å². The number of rotatable bonds is 5. The number of H-pyrrole nitrogens is 1. The Kier molecular flexibility index (Phi) is 4.73. The van der Waals surface area contributed by atoms with Crippen molar-refractivity contribution in [2.45, 2.75) is 18.9 Å². The smallest absolute Gasteiger partial charge is 0.226 e. The third-order valence-corrected chi connectivity index (χ3v) is 4.81. The molecule has 27 heavy (non-hydrogen) atoms. The first-order valence-corrected chi connectivity index (χ1v) is 8.90. The Morgan fingerprint density at radius 3 is 2.93 bits per heavy atom. The second kappa shape index (κ2) is 7.32. The summed E-state index contributed by atoms with van der Waals surface area (Å²) in [4.78, 5) is 12.0. The monoisotopic (exact) mass is 383 g/mol. The molecule has 0 unspecified atom stereocenters. The molecule has 3 aromatic rings. The van der Waals surface area contributed by atoms with Crippen LogP contribution in [-0.4, -0.2) is 23.2 Å². The molecule has 6 nitrogen and oxygen atoms in total. The lowest BCUT2D eigenvalue weighted by molar-refractivity contribution is -0.116. The summed E-state index contributed by atoms with van der Waals surface area (Å²) < 4.78 is 11.4. The van der Waals surface area contributed by atoms with Crippen molar-refractivity contribution in [3.63, 3.8) is 0 Å². The maximum Gasteiger partial charge on any atom is 0.226 e. The highest BCUT2D eigenvalue weighted by atomic mass is 35.5. The molecule has 1 aromatic heterocycles. The minimum atomic E-state index is -0.0908. The Labute approximate surface area is 161 Å². The Hall–Kier alpha value is -2.99. The van der Waals surface area contributed by atoms with Crippen LogP contribution >= 0.6 is 11.6 Å². The number of carbonyl (C=O) groups excluding carboxylic acids is 1. The molecule has 1 aliphatic rings. The van der Waals surface area contributed by atoms with Crippen molar-refractivity contribution >= 4 is 23.3 Å². The summed E-state index contributed by atoms with van der Waals surface area (Å²) in [5.41, 5.74) is 2.89. The Balaban J connectivity index is 1.62. The molecule has 0 radical (unpaired) electrons. The van der Waals surface area contributed by atoms with Crippen LogP contribution in [0.15, 0.2) is 48.7 Å². The molecular formula is C20H18ClN3O3. The van der Waals surface area contributed by atoms with Gasteiger partial charge in [-0.1, -0.05) is 29.8 Å². The van der Waals surface area contributed by atoms with Gasteiger partial charge in [-0.3, -0.25) is 9.89 Å². The minimum absolute atomic E-state index is 0.0473. The van der Waals surface area contributed by atoms with Gasteiger partial charge in [-0.05, 0) is 35.4 Å². The molecule has 4 rings (SSSR count). The first-order chi connectivity index (χ1) is 13.1. The summed E-state index contributed by atoms with van der Waals surface area (Å²) in [6.45, 7) is 0.364. The molecule has 0 bridgehead atoms. The first-order valence-electron chi connectivity index (χ1n) is 8.52. The third kappa shape index (κ3) is 3.61. The predicted octanol–water partition coefficient (Wildman–Crippen LogP) is 4.12. The first kappa shape index (κ1) is 17.4. The van der Waals surface area contributed by atoms with Gasteiger partial charge in [0.05, 0.1) is 13.3 Å². The zero-order valence-electron chi connectivity index (χ0n) is 14.7. The number of anilines is 1. The number of nitrogens with one attached hydrogen (secondary N) is 2. The molecule has 0 saturated carbocycles. The van der Waals surface area contributed by atoms with E-state index >= 15 is 0 Å². The molecule has 2 aromatic carbocycles. The number of aromatic amines is 1. The van der Waals surface area contributed by atoms with Gasteiger partial charge in [0.1, 0.15) is 12.4 Å². The maximum absolute atomic E-state index is 12.0. The summed E-state index contributed by atoms with van der Waals surface area (Å²) in [7, 11) is 1.60. The zero-order valence-corrected chi connectivity index (χ0v) is 15.4. The summed E-state index contributed by atoms with van der Waals surface area (Å²) in [5, 5.41) is 10.3. The molecule has 0 spiro atoms. The van der Waals surface area contributed by atoms with Crippen LogP contribution in [0.3, 0.4) is 0 Å². The predicted molar refractivity (Wildman–Crippen MR) is 102 cm³/mol. The number of hydrogen-bond acceptors (Lipinski definition) is 4. The summed E-state index contributed by atoms with van der Waals surface area (Å²) >= 11 is 6.04. The summed E-state index contributed by atoms with van der Waals surface area (Å²) in [6.07, 6.45) is 2.10. The van der Waals surface area contributed by atoms with E-state index in [2.05, 4.69) is 15.5 Å². The van der Waals surface area contributed by atoms with Crippen LogP contribution in [0.2, 0.25) is 5.02 Å². The van der Waals surface area contributed by atoms with E-state index in [0.29, 0.717) is 35.4 Å². The van der Waals surface area contributed by atoms with Crippen molar-refractivity contribution in [1.82, 2.24) is 10.2 Å². The molecule has 1 atom stereocenters. The number of fused-ring (bicyclic) bond motifs is 1. The number of nitrogens with zero attached hydrogens (tertiary/aromatic N) is 1. The normalized spacial score (nSPS) is 15.8. The topological polar surface area (TPSA) is 76.2 Å². The van der Waals surface area contributed by atoms with Crippen LogP contribution in [-0.2, 0) is 11.4 Å². The number of hydrogen-bond donors (Lipinski definition) is 2. The molecule has 0 fully saturated rings. The Morgan fingerprint density at radius 1 is 1.22 bits per heavy atom. The van der Waals surface area contributed by atoms with E-state index in [1.54, 1.807) is 13.3 Å². The highest BCUT2D eigenvalue weighted by Crippen LogP contribution is 2.39. The van der Waals surface area contributed by atoms with E-state index in [0.717, 1.165) is 16.7 Å². The van der Waals surface area contributed by atoms with E-state index < -0.39 is 0 Å². The van der Waals surface area contributed by atoms with Crippen molar-refractivity contribution in [3.8, 4) is 11.5 Å². The number of benzene rings is 2. The molecule has 0 aliphatic carbocycles. The van der Waals surface area contributed by atoms with Crippen molar-refractivity contribution in [1.29, 1.82) is 0 Å². The highest BCUT2D eigenvalue weighted by Gasteiger charge is 2.28. The quantitative estimate of drug-likeness (QED) is 0.694. The molecule has 138 valence electrons. The van der Waals surface area contributed by atoms with Crippen LogP contribution in [0.1, 0.15) is 29.0 Å². The van der Waals surface area contributed by atoms with Crippen LogP contribution in [0.4, 0.5) is 5.82 Å². The van der Waals surface area contributed by atoms with Crippen LogP contribution in [0, 0.1) is 0 Å². The van der Waals surface area contributed by atoms with Crippen LogP contribution < -0.4 is 14.8 Å². The van der Waals surface area contributed by atoms with Crippen LogP contribution in [0.25, 0.3) is 0 Å². The van der Waals surface area contributed by atoms with Gasteiger partial charge >= 0.3 is 0 Å². The lowest BCUT2D eigenvalue weighted by atomic mass is 9.87. The zero-order chi connectivity index (χ0) is 18.8. The molecule has 7 heteroatoms. The average Bonchev–Trinajstić information content (AvgIpc) is 3.14. The third-order valence-electron chi connectivity index (χ3n) is 4.57. The van der Waals surface area contributed by atoms with Gasteiger partial charge in [-0.25, -0.2) is 0 Å². The van der Waals surface area contributed by atoms with Gasteiger partial charge < -0.3 is 14.8 Å². The number of amides is 1. The lowest BCUT2D eigenvalue weighted by Crippen LogP contribution is -2.23. The fraction of sp³-hybridized carbons (Fsp3) is 0.200. The molecule has 2 N–H and O–H groups in total. The van der Waals surface area contributed by atoms with E-state index in [1.807, 2.05) is 42.5 Å². The minimum Gasteiger partial charge on any atom is -0.493 e. The van der Waals surface area contributed by atoms with Gasteiger partial charge in [-0.15, -0.1) is 0 Å². The summed E-state index contributed by atoms with van der Waals surface area (Å²) in [5.74, 6) is 1.76. The second-order valence-electron chi connectivity index (χ2n) is 6.33. The molecule has 2 heterocycles.